The Kier molecular flexibility index (Phi) is 5.77. The number of unbranched alkanes of at least 4 members (excludes halogenated alkanes) is 3. The summed E-state index contributed by atoms with van der Waals surface area (Å²) in [5, 5.41) is 3.29. The predicted octanol–water partition coefficient (Wildman–Crippen LogP) is 1.24. The standard InChI is InChI=1S/C8H19N3S/c1-2-3-4-5-6-12-8-9-7-10-11-8/h8-11H,2-7H2,1H3. The first kappa shape index (κ1) is 10.3. The zero-order chi connectivity index (χ0) is 8.65. The summed E-state index contributed by atoms with van der Waals surface area (Å²) in [6.45, 7) is 3.13. The van der Waals surface area contributed by atoms with Crippen molar-refractivity contribution in [2.45, 2.75) is 38.1 Å². The van der Waals surface area contributed by atoms with E-state index in [-0.39, 0.29) is 0 Å². The molecule has 72 valence electrons. The van der Waals surface area contributed by atoms with Crippen molar-refractivity contribution in [1.82, 2.24) is 16.2 Å². The van der Waals surface area contributed by atoms with Crippen LogP contribution >= 0.6 is 11.8 Å². The SMILES string of the molecule is CCCCCCSC1NCNN1. The summed E-state index contributed by atoms with van der Waals surface area (Å²) < 4.78 is 0. The first-order chi connectivity index (χ1) is 5.93. The molecule has 1 aliphatic rings. The second-order valence-corrected chi connectivity index (χ2v) is 4.23. The summed E-state index contributed by atoms with van der Waals surface area (Å²) in [7, 11) is 0. The topological polar surface area (TPSA) is 36.1 Å². The summed E-state index contributed by atoms with van der Waals surface area (Å²) >= 11 is 1.95. The van der Waals surface area contributed by atoms with E-state index in [0.29, 0.717) is 5.50 Å². The van der Waals surface area contributed by atoms with Crippen molar-refractivity contribution in [2.24, 2.45) is 0 Å². The lowest BCUT2D eigenvalue weighted by Crippen LogP contribution is -2.30. The molecule has 0 aromatic rings. The second-order valence-electron chi connectivity index (χ2n) is 3.01. The number of hydrogen-bond acceptors (Lipinski definition) is 4. The van der Waals surface area contributed by atoms with E-state index in [2.05, 4.69) is 23.1 Å². The highest BCUT2D eigenvalue weighted by atomic mass is 32.2. The number of hydrogen-bond donors (Lipinski definition) is 3. The molecule has 1 fully saturated rings. The van der Waals surface area contributed by atoms with Gasteiger partial charge in [-0.05, 0) is 12.2 Å². The molecule has 0 saturated carbocycles. The van der Waals surface area contributed by atoms with E-state index in [1.165, 1.54) is 31.4 Å². The van der Waals surface area contributed by atoms with Gasteiger partial charge >= 0.3 is 0 Å². The molecule has 0 aromatic carbocycles. The largest absolute Gasteiger partial charge is 0.278 e. The van der Waals surface area contributed by atoms with E-state index in [1.54, 1.807) is 0 Å². The van der Waals surface area contributed by atoms with Crippen LogP contribution in [0.5, 0.6) is 0 Å². The van der Waals surface area contributed by atoms with Crippen molar-refractivity contribution in [3.63, 3.8) is 0 Å². The Morgan fingerprint density at radius 1 is 1.33 bits per heavy atom. The van der Waals surface area contributed by atoms with Gasteiger partial charge in [-0.25, -0.2) is 10.9 Å². The van der Waals surface area contributed by atoms with Gasteiger partial charge in [0.2, 0.25) is 0 Å². The Bertz CT molecular complexity index is 104. The molecule has 0 amide bonds. The van der Waals surface area contributed by atoms with E-state index in [9.17, 15) is 0 Å². The molecular weight excluding hydrogens is 170 g/mol. The molecule has 0 aromatic heterocycles. The maximum absolute atomic E-state index is 3.29. The van der Waals surface area contributed by atoms with Gasteiger partial charge in [-0.2, -0.15) is 0 Å². The molecule has 4 heteroatoms. The highest BCUT2D eigenvalue weighted by molar-refractivity contribution is 7.99. The Labute approximate surface area is 79.0 Å². The Morgan fingerprint density at radius 2 is 2.25 bits per heavy atom. The third-order valence-electron chi connectivity index (χ3n) is 1.89. The van der Waals surface area contributed by atoms with Crippen LogP contribution in [0.1, 0.15) is 32.6 Å². The van der Waals surface area contributed by atoms with Gasteiger partial charge in [0.25, 0.3) is 0 Å². The minimum absolute atomic E-state index is 0.423. The third-order valence-corrected chi connectivity index (χ3v) is 3.03. The Morgan fingerprint density at radius 3 is 2.92 bits per heavy atom. The number of thioether (sulfide) groups is 1. The Balaban J connectivity index is 1.81. The minimum atomic E-state index is 0.423. The summed E-state index contributed by atoms with van der Waals surface area (Å²) in [4.78, 5) is 0. The fourth-order valence-corrected chi connectivity index (χ4v) is 2.14. The highest BCUT2D eigenvalue weighted by Crippen LogP contribution is 2.10. The van der Waals surface area contributed by atoms with E-state index < -0.39 is 0 Å². The van der Waals surface area contributed by atoms with Gasteiger partial charge in [0, 0.05) is 0 Å². The molecule has 1 heterocycles. The lowest BCUT2D eigenvalue weighted by molar-refractivity contribution is 0.662. The molecule has 0 radical (unpaired) electrons. The van der Waals surface area contributed by atoms with Crippen LogP contribution in [0.2, 0.25) is 0 Å². The van der Waals surface area contributed by atoms with Gasteiger partial charge in [0.05, 0.1) is 6.67 Å². The van der Waals surface area contributed by atoms with Crippen LogP contribution in [0.3, 0.4) is 0 Å². The normalized spacial score (nSPS) is 23.2. The van der Waals surface area contributed by atoms with Crippen LogP contribution in [0, 0.1) is 0 Å². The van der Waals surface area contributed by atoms with E-state index in [0.717, 1.165) is 6.67 Å². The van der Waals surface area contributed by atoms with Crippen LogP contribution in [0.4, 0.5) is 0 Å². The summed E-state index contributed by atoms with van der Waals surface area (Å²) in [5.74, 6) is 1.26. The Hall–Kier alpha value is 0.230. The fourth-order valence-electron chi connectivity index (χ4n) is 1.17. The predicted molar refractivity (Wildman–Crippen MR) is 54.7 cm³/mol. The zero-order valence-electron chi connectivity index (χ0n) is 7.73. The maximum Gasteiger partial charge on any atom is 0.119 e. The van der Waals surface area contributed by atoms with Crippen LogP contribution in [0.15, 0.2) is 0 Å². The first-order valence-electron chi connectivity index (χ1n) is 4.77. The van der Waals surface area contributed by atoms with Crippen molar-refractivity contribution < 1.29 is 0 Å². The van der Waals surface area contributed by atoms with E-state index >= 15 is 0 Å². The molecule has 0 spiro atoms. The monoisotopic (exact) mass is 189 g/mol. The van der Waals surface area contributed by atoms with Crippen molar-refractivity contribution in [2.75, 3.05) is 12.4 Å². The zero-order valence-corrected chi connectivity index (χ0v) is 8.54. The summed E-state index contributed by atoms with van der Waals surface area (Å²) in [6, 6.07) is 0. The second kappa shape index (κ2) is 6.71. The van der Waals surface area contributed by atoms with Gasteiger partial charge in [-0.1, -0.05) is 26.2 Å². The molecule has 1 atom stereocenters. The summed E-state index contributed by atoms with van der Waals surface area (Å²) in [5.41, 5.74) is 6.61. The molecule has 1 aliphatic heterocycles. The average molecular weight is 189 g/mol. The highest BCUT2D eigenvalue weighted by Gasteiger charge is 2.11. The van der Waals surface area contributed by atoms with Crippen LogP contribution in [-0.2, 0) is 0 Å². The van der Waals surface area contributed by atoms with E-state index in [4.69, 9.17) is 0 Å². The lowest BCUT2D eigenvalue weighted by Gasteiger charge is -2.08. The van der Waals surface area contributed by atoms with Gasteiger partial charge in [0.1, 0.15) is 5.50 Å². The van der Waals surface area contributed by atoms with Crippen LogP contribution in [-0.4, -0.2) is 17.9 Å². The van der Waals surface area contributed by atoms with Crippen molar-refractivity contribution in [1.29, 1.82) is 0 Å². The molecule has 12 heavy (non-hydrogen) atoms. The number of nitrogens with one attached hydrogen (secondary N) is 3. The summed E-state index contributed by atoms with van der Waals surface area (Å²) in [6.07, 6.45) is 5.43. The maximum atomic E-state index is 3.29. The van der Waals surface area contributed by atoms with Gasteiger partial charge < -0.3 is 0 Å². The molecule has 1 saturated heterocycles. The van der Waals surface area contributed by atoms with Gasteiger partial charge in [0.15, 0.2) is 0 Å². The number of hydrazine groups is 1. The molecule has 1 rings (SSSR count). The lowest BCUT2D eigenvalue weighted by atomic mass is 10.2. The fraction of sp³-hybridized carbons (Fsp3) is 1.00. The molecule has 3 N–H and O–H groups in total. The van der Waals surface area contributed by atoms with E-state index in [1.807, 2.05) is 11.8 Å². The van der Waals surface area contributed by atoms with Crippen LogP contribution in [0.25, 0.3) is 0 Å². The van der Waals surface area contributed by atoms with Crippen molar-refractivity contribution >= 4 is 11.8 Å². The third kappa shape index (κ3) is 4.30. The van der Waals surface area contributed by atoms with Crippen molar-refractivity contribution in [3.8, 4) is 0 Å². The van der Waals surface area contributed by atoms with Crippen LogP contribution < -0.4 is 16.2 Å². The van der Waals surface area contributed by atoms with Gasteiger partial charge in [-0.15, -0.1) is 11.8 Å². The molecule has 0 bridgehead atoms. The average Bonchev–Trinajstić information content (AvgIpc) is 2.57. The molecular formula is C8H19N3S. The first-order valence-corrected chi connectivity index (χ1v) is 5.81. The molecule has 0 aliphatic carbocycles. The smallest absolute Gasteiger partial charge is 0.119 e. The molecule has 3 nitrogen and oxygen atoms in total. The quantitative estimate of drug-likeness (QED) is 0.549. The minimum Gasteiger partial charge on any atom is -0.278 e. The van der Waals surface area contributed by atoms with Gasteiger partial charge in [-0.3, -0.25) is 5.32 Å². The van der Waals surface area contributed by atoms with Crippen molar-refractivity contribution in [3.05, 3.63) is 0 Å². The number of rotatable bonds is 6. The molecule has 1 unspecified atom stereocenters.